The van der Waals surface area contributed by atoms with Gasteiger partial charge in [0.25, 0.3) is 0 Å². The first-order valence-electron chi connectivity index (χ1n) is 55.7. The molecule has 0 aliphatic heterocycles. The smallest absolute Gasteiger partial charge is 0.358 e. The molecule has 2 fully saturated rings. The van der Waals surface area contributed by atoms with Gasteiger partial charge in [-0.3, -0.25) is 9.59 Å². The van der Waals surface area contributed by atoms with E-state index in [1.807, 2.05) is 0 Å². The van der Waals surface area contributed by atoms with Crippen molar-refractivity contribution < 1.29 is 90.5 Å². The van der Waals surface area contributed by atoms with Gasteiger partial charge in [-0.1, -0.05) is 268 Å². The molecule has 18 nitrogen and oxygen atoms in total. The van der Waals surface area contributed by atoms with Gasteiger partial charge in [0.1, 0.15) is 57.6 Å². The Labute approximate surface area is 891 Å². The average molecular weight is 2190 g/mol. The van der Waals surface area contributed by atoms with E-state index in [0.717, 1.165) is 152 Å². The zero-order chi connectivity index (χ0) is 106. The lowest BCUT2D eigenvalue weighted by atomic mass is 9.78. The minimum absolute atomic E-state index is 0.0887. The zero-order valence-electron chi connectivity index (χ0n) is 92.5. The molecule has 6 aromatic rings. The quantitative estimate of drug-likeness (QED) is 0.0151. The first-order chi connectivity index (χ1) is 68.7. The number of ether oxygens (including phenoxy) is 8. The molecular weight excluding hydrogens is 2000 g/mol. The lowest BCUT2D eigenvalue weighted by Gasteiger charge is -2.45. The second-order valence-corrected chi connectivity index (χ2v) is 79.6. The minimum Gasteiger partial charge on any atom is -0.489 e. The molecule has 0 spiro atoms. The molecule has 0 amide bonds. The van der Waals surface area contributed by atoms with Crippen LogP contribution in [-0.2, 0) is 49.2 Å². The van der Waals surface area contributed by atoms with Crippen LogP contribution in [0.25, 0.3) is 0 Å². The van der Waals surface area contributed by atoms with Gasteiger partial charge in [-0.05, 0) is 315 Å². The molecule has 6 aromatic carbocycles. The van der Waals surface area contributed by atoms with Gasteiger partial charge in [-0.2, -0.15) is 0 Å². The third kappa shape index (κ3) is 47.8. The Morgan fingerprint density at radius 2 is 0.586 bits per heavy atom. The van der Waals surface area contributed by atoms with Gasteiger partial charge in [0.2, 0.25) is 0 Å². The van der Waals surface area contributed by atoms with Crippen molar-refractivity contribution in [2.45, 2.75) is 456 Å². The SMILES string of the molecule is CCCCCCCCCCC(Oc1ccc(C(C)(C)c2ccc(OC(CCCCCCCCCC)[Si](C)(O[Si](C)(C)C)O[Si](C)(CCCCCCCCCCCOC3CCC(C(=O)Oc4ccc(C(=O)Oc5ccc(F)cc5)c(Cl)c4)CC3)O[Si](C)(C)C)cc2)cc1)[Si](C)(O[Si](C)(C)C)O[Si](C)(CCCCCCCCCCCOC1CCC(C(=O)Oc2ccc(C(=O)Oc3ccc(F)cc3)c(Cl)c2)CC1)O[Si](C)(C)C. The van der Waals surface area contributed by atoms with Crippen molar-refractivity contribution in [3.8, 4) is 34.5 Å². The summed E-state index contributed by atoms with van der Waals surface area (Å²) in [5.74, 6) is -0.813. The number of rotatable bonds is 72. The number of esters is 4. The van der Waals surface area contributed by atoms with Gasteiger partial charge in [0.05, 0.1) is 45.2 Å². The average Bonchev–Trinajstić information content (AvgIpc) is 0.781. The van der Waals surface area contributed by atoms with Crippen LogP contribution in [0.3, 0.4) is 0 Å². The van der Waals surface area contributed by atoms with Crippen molar-refractivity contribution in [2.24, 2.45) is 11.8 Å². The van der Waals surface area contributed by atoms with Crippen LogP contribution in [0.4, 0.5) is 8.78 Å². The molecule has 812 valence electrons. The molecule has 6 atom stereocenters. The number of carbonyl (C=O) groups is 4. The first-order valence-corrected chi connectivity index (χ1v) is 79.9. The maximum Gasteiger partial charge on any atom is 0.358 e. The molecule has 0 heterocycles. The van der Waals surface area contributed by atoms with Crippen molar-refractivity contribution in [1.29, 1.82) is 0 Å². The van der Waals surface area contributed by atoms with Crippen LogP contribution in [-0.4, -0.2) is 128 Å². The van der Waals surface area contributed by atoms with Crippen molar-refractivity contribution in [1.82, 2.24) is 0 Å². The Kier molecular flexibility index (Phi) is 54.0. The fraction of sp³-hybridized carbons (Fsp3) is 0.652. The second-order valence-electron chi connectivity index (χ2n) is 46.1. The fourth-order valence-electron chi connectivity index (χ4n) is 20.3. The van der Waals surface area contributed by atoms with E-state index in [1.54, 1.807) is 0 Å². The number of hydrogen-bond acceptors (Lipinski definition) is 18. The van der Waals surface area contributed by atoms with Crippen LogP contribution in [0.1, 0.15) is 342 Å². The molecule has 2 aliphatic rings. The van der Waals surface area contributed by atoms with E-state index in [2.05, 4.69) is 181 Å². The predicted molar refractivity (Wildman–Crippen MR) is 608 cm³/mol. The molecule has 0 radical (unpaired) electrons. The highest BCUT2D eigenvalue weighted by atomic mass is 35.5. The lowest BCUT2D eigenvalue weighted by Crippen LogP contribution is -2.64. The Morgan fingerprint density at radius 1 is 0.317 bits per heavy atom. The Bertz CT molecular complexity index is 4450. The van der Waals surface area contributed by atoms with Crippen molar-refractivity contribution in [3.63, 3.8) is 0 Å². The van der Waals surface area contributed by atoms with Gasteiger partial charge in [-0.15, -0.1) is 0 Å². The third-order valence-electron chi connectivity index (χ3n) is 27.5. The summed E-state index contributed by atoms with van der Waals surface area (Å²) in [4.78, 5) is 51.9. The number of hydrogen-bond donors (Lipinski definition) is 0. The summed E-state index contributed by atoms with van der Waals surface area (Å²) >= 11 is 12.8. The highest BCUT2D eigenvalue weighted by Crippen LogP contribution is 2.42. The van der Waals surface area contributed by atoms with Crippen LogP contribution in [0.2, 0.25) is 127 Å². The molecule has 2 saturated carbocycles. The minimum atomic E-state index is -3.17. The van der Waals surface area contributed by atoms with Crippen LogP contribution < -0.4 is 28.4 Å². The van der Waals surface area contributed by atoms with E-state index in [1.165, 1.54) is 237 Å². The second kappa shape index (κ2) is 62.7. The van der Waals surface area contributed by atoms with Crippen molar-refractivity contribution >= 4 is 115 Å². The number of carbonyl (C=O) groups excluding carboxylic acids is 4. The third-order valence-corrected chi connectivity index (χ3v) is 57.0. The van der Waals surface area contributed by atoms with Gasteiger partial charge in [0.15, 0.2) is 33.3 Å². The molecule has 0 aromatic heterocycles. The summed E-state index contributed by atoms with van der Waals surface area (Å²) in [6, 6.07) is 38.8. The highest BCUT2D eigenvalue weighted by molar-refractivity contribution is 6.91. The number of benzene rings is 6. The zero-order valence-corrected chi connectivity index (χ0v) is 102. The summed E-state index contributed by atoms with van der Waals surface area (Å²) < 4.78 is 122. The maximum absolute atomic E-state index is 13.4. The fourth-order valence-corrected chi connectivity index (χ4v) is 57.6. The summed E-state index contributed by atoms with van der Waals surface area (Å²) in [5, 5.41) is 0.177. The topological polar surface area (TPSA) is 197 Å². The van der Waals surface area contributed by atoms with Crippen LogP contribution >= 0.6 is 23.2 Å². The van der Waals surface area contributed by atoms with E-state index >= 15 is 0 Å². The van der Waals surface area contributed by atoms with Crippen molar-refractivity contribution in [3.05, 3.63) is 177 Å². The standard InChI is InChI=1S/C115H184Cl2F2O18Si8/c1-21-23-25-27-29-37-43-49-55-109(144(19,134-140(11,12)13)136-142(17,132-138(5,6)7)87-53-47-41-35-31-33-39-45-51-85-124-97-69-57-91(58-70-97)111(120)130-103-81-83-105(107(116)89-103)113(122)128-101-77-65-95(118)66-78-101)126-99-73-61-93(62-74-99)115(3,4)94-63-75-100(76-64-94)127-110(56-50-44-38-30-28-26-24-22-2)145(20,135-141(14,15)16)137-143(18,133-139(8,9)10)88-54-48-42-36-32-34-40-46-52-86-125-98-71-59-92(60-72-98)112(121)131-104-82-84-106(108(117)90-104)114(123)129-102-79-67-96(119)68-80-102/h61-68,73-84,89-92,97-98,109-110H,21-60,69-72,85-88H2,1-20H3. The summed E-state index contributed by atoms with van der Waals surface area (Å²) in [6.45, 7) is 47.6. The van der Waals surface area contributed by atoms with Crippen LogP contribution in [0.5, 0.6) is 34.5 Å². The summed E-state index contributed by atoms with van der Waals surface area (Å²) in [5.41, 5.74) is 1.76. The molecule has 0 N–H and O–H groups in total. The Morgan fingerprint density at radius 3 is 0.876 bits per heavy atom. The van der Waals surface area contributed by atoms with Gasteiger partial charge < -0.3 is 62.6 Å². The molecule has 0 saturated heterocycles. The number of halogens is 4. The van der Waals surface area contributed by atoms with Crippen molar-refractivity contribution in [2.75, 3.05) is 13.2 Å². The highest BCUT2D eigenvalue weighted by Gasteiger charge is 2.55. The molecule has 30 heteroatoms. The Hall–Kier alpha value is -5.34. The molecule has 6 unspecified atom stereocenters. The van der Waals surface area contributed by atoms with E-state index in [0.29, 0.717) is 25.7 Å². The van der Waals surface area contributed by atoms with Crippen LogP contribution in [0, 0.1) is 23.5 Å². The molecular formula is C115H184Cl2F2O18Si8. The van der Waals surface area contributed by atoms with Gasteiger partial charge in [0, 0.05) is 30.8 Å². The summed E-state index contributed by atoms with van der Waals surface area (Å²) in [7, 11) is -20.6. The predicted octanol–water partition coefficient (Wildman–Crippen LogP) is 34.8. The Balaban J connectivity index is 0.814. The molecule has 2 aliphatic carbocycles. The molecule has 8 rings (SSSR count). The van der Waals surface area contributed by atoms with Gasteiger partial charge in [-0.25, -0.2) is 18.4 Å². The normalized spacial score (nSPS) is 17.7. The largest absolute Gasteiger partial charge is 0.489 e. The molecule has 145 heavy (non-hydrogen) atoms. The van der Waals surface area contributed by atoms with Crippen LogP contribution in [0.15, 0.2) is 133 Å². The number of unbranched alkanes of at least 4 members (excludes halogenated alkanes) is 30. The first kappa shape index (κ1) is 125. The van der Waals surface area contributed by atoms with E-state index < -0.39 is 91.1 Å². The maximum atomic E-state index is 13.4. The lowest BCUT2D eigenvalue weighted by molar-refractivity contribution is -0.142. The van der Waals surface area contributed by atoms with E-state index in [4.69, 9.17) is 85.8 Å². The van der Waals surface area contributed by atoms with E-state index in [9.17, 15) is 28.0 Å². The van der Waals surface area contributed by atoms with Gasteiger partial charge >= 0.3 is 58.1 Å². The van der Waals surface area contributed by atoms with E-state index in [-0.39, 0.29) is 97.0 Å². The monoisotopic (exact) mass is 2190 g/mol. The molecule has 0 bridgehead atoms. The summed E-state index contributed by atoms with van der Waals surface area (Å²) in [6.07, 6.45) is 48.2.